The van der Waals surface area contributed by atoms with Crippen molar-refractivity contribution >= 4 is 0 Å². The smallest absolute Gasteiger partial charge is 0.0262 e. The van der Waals surface area contributed by atoms with Gasteiger partial charge in [0.05, 0.1) is 0 Å². The van der Waals surface area contributed by atoms with Gasteiger partial charge in [0, 0.05) is 5.60 Å². The SMILES string of the molecule is C[C-](C)OC(C)(C)C.[Rf]. The van der Waals surface area contributed by atoms with Crippen molar-refractivity contribution < 1.29 is 4.74 Å². The number of hydrogen-bond donors (Lipinski definition) is 0. The van der Waals surface area contributed by atoms with Crippen LogP contribution in [0, 0.1) is 6.10 Å². The van der Waals surface area contributed by atoms with E-state index in [1.165, 1.54) is 0 Å². The Morgan fingerprint density at radius 1 is 1.11 bits per heavy atom. The van der Waals surface area contributed by atoms with Crippen LogP contribution in [-0.2, 0) is 4.74 Å². The van der Waals surface area contributed by atoms with Crippen LogP contribution in [0.3, 0.4) is 0 Å². The quantitative estimate of drug-likeness (QED) is 0.633. The van der Waals surface area contributed by atoms with Crippen LogP contribution >= 0.6 is 0 Å². The Bertz CT molecular complexity index is 63.8. The zero-order chi connectivity index (χ0) is 6.78. The van der Waals surface area contributed by atoms with E-state index in [-0.39, 0.29) is 5.60 Å². The van der Waals surface area contributed by atoms with Gasteiger partial charge in [-0.1, -0.05) is 0 Å². The second-order valence-corrected chi connectivity index (χ2v) is 3.12. The van der Waals surface area contributed by atoms with Crippen molar-refractivity contribution in [2.24, 2.45) is 0 Å². The summed E-state index contributed by atoms with van der Waals surface area (Å²) in [6.07, 6.45) is 1.03. The Morgan fingerprint density at radius 3 is 1.44 bits per heavy atom. The Balaban J connectivity index is 0. The van der Waals surface area contributed by atoms with E-state index >= 15 is 0 Å². The van der Waals surface area contributed by atoms with Gasteiger partial charge in [0.15, 0.2) is 0 Å². The maximum absolute atomic E-state index is 5.35. The molecule has 0 aromatic heterocycles. The molecular formula is C7H15ORf-. The van der Waals surface area contributed by atoms with Gasteiger partial charge in [0.2, 0.25) is 0 Å². The minimum Gasteiger partial charge on any atom is -0.545 e. The third-order valence-electron chi connectivity index (χ3n) is 0.510. The van der Waals surface area contributed by atoms with Crippen molar-refractivity contribution in [3.63, 3.8) is 0 Å². The van der Waals surface area contributed by atoms with Gasteiger partial charge in [0.1, 0.15) is 0 Å². The molecule has 9 heavy (non-hydrogen) atoms. The van der Waals surface area contributed by atoms with E-state index in [4.69, 9.17) is 4.74 Å². The predicted octanol–water partition coefficient (Wildman–Crippen LogP) is 2.37. The second kappa shape index (κ2) is 3.08. The molecule has 0 fully saturated rings. The van der Waals surface area contributed by atoms with Crippen LogP contribution in [0.5, 0.6) is 0 Å². The summed E-state index contributed by atoms with van der Waals surface area (Å²) < 4.78 is 5.35. The van der Waals surface area contributed by atoms with Crippen molar-refractivity contribution in [1.29, 1.82) is 0 Å². The average Bonchev–Trinajstić information content (AvgIpc) is 1.21. The van der Waals surface area contributed by atoms with E-state index in [0.717, 1.165) is 6.10 Å². The van der Waals surface area contributed by atoms with Crippen LogP contribution in [0.1, 0.15) is 34.6 Å². The molecule has 0 spiro atoms. The van der Waals surface area contributed by atoms with Gasteiger partial charge in [-0.05, 0) is 20.8 Å². The van der Waals surface area contributed by atoms with Crippen molar-refractivity contribution in [2.45, 2.75) is 40.2 Å². The summed E-state index contributed by atoms with van der Waals surface area (Å²) in [4.78, 5) is 0. The summed E-state index contributed by atoms with van der Waals surface area (Å²) in [5.74, 6) is 0. The van der Waals surface area contributed by atoms with Crippen LogP contribution in [-0.4, -0.2) is 5.60 Å². The maximum atomic E-state index is 5.35. The van der Waals surface area contributed by atoms with Gasteiger partial charge in [0.25, 0.3) is 0 Å². The third-order valence-corrected chi connectivity index (χ3v) is 0.510. The van der Waals surface area contributed by atoms with Crippen molar-refractivity contribution in [3.8, 4) is 0 Å². The fourth-order valence-electron chi connectivity index (χ4n) is 0.612. The second-order valence-electron chi connectivity index (χ2n) is 3.12. The van der Waals surface area contributed by atoms with Crippen LogP contribution in [0.15, 0.2) is 0 Å². The van der Waals surface area contributed by atoms with Gasteiger partial charge in [-0.2, -0.15) is 13.8 Å². The monoisotopic (exact) mass is 382 g/mol. The van der Waals surface area contributed by atoms with E-state index in [1.54, 1.807) is 0 Å². The molecule has 0 unspecified atom stereocenters. The summed E-state index contributed by atoms with van der Waals surface area (Å²) >= 11 is 0. The molecular weight excluding hydrogens is 367 g/mol. The van der Waals surface area contributed by atoms with Gasteiger partial charge in [-0.15, -0.1) is 0 Å². The molecule has 2 heteroatoms. The average molecular weight is 382 g/mol. The van der Waals surface area contributed by atoms with E-state index in [1.807, 2.05) is 34.6 Å². The number of rotatable bonds is 1. The van der Waals surface area contributed by atoms with E-state index in [0.29, 0.717) is 0 Å². The standard InChI is InChI=1S/C7H15O.Rf/c1-6(2)8-7(3,4)5;/h1-5H3;/q-1;. The van der Waals surface area contributed by atoms with Crippen molar-refractivity contribution in [3.05, 3.63) is 6.10 Å². The van der Waals surface area contributed by atoms with Gasteiger partial charge >= 0.3 is 0 Å². The zero-order valence-corrected chi connectivity index (χ0v) is 13.5. The Labute approximate surface area is 52.0 Å². The van der Waals surface area contributed by atoms with Crippen LogP contribution < -0.4 is 0 Å². The molecule has 0 saturated carbocycles. The van der Waals surface area contributed by atoms with Crippen molar-refractivity contribution in [2.75, 3.05) is 0 Å². The van der Waals surface area contributed by atoms with Crippen molar-refractivity contribution in [1.82, 2.24) is 0 Å². The molecule has 1 nitrogen and oxygen atoms in total. The summed E-state index contributed by atoms with van der Waals surface area (Å²) in [6.45, 7) is 10.1. The molecule has 0 N–H and O–H groups in total. The zero-order valence-electron chi connectivity index (χ0n) is 7.12. The largest absolute Gasteiger partial charge is 0.545 e. The van der Waals surface area contributed by atoms with Gasteiger partial charge < -0.3 is 4.74 Å². The molecule has 0 radical (unpaired) electrons. The fraction of sp³-hybridized carbons (Fsp3) is 0.857. The maximum Gasteiger partial charge on any atom is 0.0262 e. The first kappa shape index (κ1) is 10.9. The Hall–Kier alpha value is -1.04. The van der Waals surface area contributed by atoms with E-state index in [2.05, 4.69) is 0 Å². The Morgan fingerprint density at radius 2 is 1.44 bits per heavy atom. The topological polar surface area (TPSA) is 9.23 Å². The molecule has 0 aliphatic rings. The molecule has 0 aliphatic heterocycles. The molecule has 52 valence electrons. The van der Waals surface area contributed by atoms with E-state index < -0.39 is 0 Å². The Kier molecular flexibility index (Phi) is 3.71. The van der Waals surface area contributed by atoms with Crippen LogP contribution in [0.25, 0.3) is 0 Å². The molecule has 0 aromatic rings. The first-order valence-electron chi connectivity index (χ1n) is 2.91. The third kappa shape index (κ3) is 10.9. The minimum atomic E-state index is -0.0150. The van der Waals surface area contributed by atoms with Gasteiger partial charge in [-0.3, -0.25) is 0 Å². The van der Waals surface area contributed by atoms with Crippen LogP contribution in [0.2, 0.25) is 0 Å². The molecule has 0 heterocycles. The molecule has 0 aliphatic carbocycles. The first-order valence-corrected chi connectivity index (χ1v) is 2.91. The molecule has 0 rings (SSSR count). The molecule has 0 aromatic carbocycles. The summed E-state index contributed by atoms with van der Waals surface area (Å²) in [5, 5.41) is 0. The predicted molar refractivity (Wildman–Crippen MR) is 35.4 cm³/mol. The molecule has 0 saturated heterocycles. The van der Waals surface area contributed by atoms with Gasteiger partial charge in [-0.25, -0.2) is 6.10 Å². The summed E-state index contributed by atoms with van der Waals surface area (Å²) in [6, 6.07) is 0. The number of ether oxygens (including phenoxy) is 1. The number of hydrogen-bond acceptors (Lipinski definition) is 1. The molecule has 0 atom stereocenters. The van der Waals surface area contributed by atoms with E-state index in [9.17, 15) is 0 Å². The molecule has 0 amide bonds. The first-order chi connectivity index (χ1) is 3.42. The normalized spacial score (nSPS) is 11.3. The van der Waals surface area contributed by atoms with Crippen LogP contribution in [0.4, 0.5) is 0 Å². The fourth-order valence-corrected chi connectivity index (χ4v) is 0.612. The minimum absolute atomic E-state index is 0. The summed E-state index contributed by atoms with van der Waals surface area (Å²) in [7, 11) is 0. The summed E-state index contributed by atoms with van der Waals surface area (Å²) in [5.41, 5.74) is -0.0150. The molecule has 0 bridgehead atoms.